The van der Waals surface area contributed by atoms with Crippen LogP contribution in [0.1, 0.15) is 53.6 Å². The van der Waals surface area contributed by atoms with Crippen LogP contribution in [0.3, 0.4) is 0 Å². The number of fused-ring (bicyclic) bond motifs is 4. The van der Waals surface area contributed by atoms with Crippen molar-refractivity contribution in [1.82, 2.24) is 0 Å². The van der Waals surface area contributed by atoms with Gasteiger partial charge in [-0.1, -0.05) is 29.8 Å². The highest BCUT2D eigenvalue weighted by atomic mass is 35.5. The molecule has 2 aliphatic carbocycles. The molecule has 3 N–H and O–H groups in total. The number of aryl methyl sites for hydroxylation is 1. The van der Waals surface area contributed by atoms with Gasteiger partial charge in [0, 0.05) is 42.0 Å². The number of aliphatic hydroxyl groups excluding tert-OH is 1. The molecule has 220 valence electrons. The summed E-state index contributed by atoms with van der Waals surface area (Å²) >= 11 is 6.39. The number of hydrogen-bond acceptors (Lipinski definition) is 6. The van der Waals surface area contributed by atoms with Crippen LogP contribution in [-0.4, -0.2) is 60.0 Å². The van der Waals surface area contributed by atoms with Crippen LogP contribution in [0.2, 0.25) is 5.02 Å². The number of carbonyl (C=O) groups excluding carboxylic acids is 1. The van der Waals surface area contributed by atoms with Gasteiger partial charge in [0.25, 0.3) is 5.91 Å². The zero-order chi connectivity index (χ0) is 28.8. The molecule has 2 aromatic carbocycles. The van der Waals surface area contributed by atoms with Crippen LogP contribution in [0.5, 0.6) is 5.75 Å². The molecule has 1 saturated carbocycles. The highest BCUT2D eigenvalue weighted by Crippen LogP contribution is 2.47. The van der Waals surface area contributed by atoms with Gasteiger partial charge in [-0.15, -0.1) is 4.36 Å². The lowest BCUT2D eigenvalue weighted by atomic mass is 9.68. The second kappa shape index (κ2) is 11.3. The Labute approximate surface area is 247 Å². The molecule has 6 atom stereocenters. The minimum absolute atomic E-state index is 0.0972. The number of amides is 1. The molecular formula is C31H38ClN3O5S. The molecule has 1 spiro atoms. The molecule has 2 aromatic rings. The van der Waals surface area contributed by atoms with E-state index in [0.29, 0.717) is 18.1 Å². The van der Waals surface area contributed by atoms with Gasteiger partial charge in [-0.3, -0.25) is 4.79 Å². The summed E-state index contributed by atoms with van der Waals surface area (Å²) in [5, 5.41) is 17.2. The summed E-state index contributed by atoms with van der Waals surface area (Å²) in [7, 11) is -1.62. The lowest BCUT2D eigenvalue weighted by Crippen LogP contribution is -2.49. The Balaban J connectivity index is 1.44. The highest BCUT2D eigenvalue weighted by molar-refractivity contribution is 7.91. The minimum Gasteiger partial charge on any atom is -0.490 e. The SMILES string of the molecule is CO[C@H]1/C=C/[C@@H](O)CCS(N)(=O)=NC(=O)c2ccc3c(c2)N(C[C@@H]2CC[C@H]21)C[C@@]1(CCCc2cc(Cl)ccc21)CO3. The molecule has 2 bridgehead atoms. The van der Waals surface area contributed by atoms with E-state index in [9.17, 15) is 14.1 Å². The molecule has 10 heteroatoms. The number of carbonyl (C=O) groups is 1. The van der Waals surface area contributed by atoms with Crippen molar-refractivity contribution in [1.29, 1.82) is 0 Å². The van der Waals surface area contributed by atoms with Gasteiger partial charge in [-0.2, -0.15) is 0 Å². The van der Waals surface area contributed by atoms with Crippen molar-refractivity contribution in [3.8, 4) is 5.75 Å². The van der Waals surface area contributed by atoms with E-state index >= 15 is 0 Å². The van der Waals surface area contributed by atoms with E-state index < -0.39 is 21.9 Å². The molecule has 6 rings (SSSR count). The van der Waals surface area contributed by atoms with Gasteiger partial charge in [0.2, 0.25) is 0 Å². The Bertz CT molecular complexity index is 1490. The van der Waals surface area contributed by atoms with Gasteiger partial charge >= 0.3 is 0 Å². The van der Waals surface area contributed by atoms with Crippen molar-refractivity contribution in [2.24, 2.45) is 21.3 Å². The normalized spacial score (nSPS) is 34.3. The van der Waals surface area contributed by atoms with Crippen LogP contribution in [0, 0.1) is 11.8 Å². The first kappa shape index (κ1) is 28.7. The Morgan fingerprint density at radius 3 is 2.83 bits per heavy atom. The first-order valence-corrected chi connectivity index (χ1v) is 16.6. The van der Waals surface area contributed by atoms with Crippen LogP contribution < -0.4 is 14.8 Å². The fraction of sp³-hybridized carbons (Fsp3) is 0.516. The predicted molar refractivity (Wildman–Crippen MR) is 161 cm³/mol. The molecule has 0 aromatic heterocycles. The lowest BCUT2D eigenvalue weighted by Gasteiger charge is -2.46. The third kappa shape index (κ3) is 5.79. The zero-order valence-corrected chi connectivity index (χ0v) is 24.9. The summed E-state index contributed by atoms with van der Waals surface area (Å²) < 4.78 is 29.3. The minimum atomic E-state index is -3.32. The van der Waals surface area contributed by atoms with Crippen LogP contribution >= 0.6 is 11.6 Å². The number of rotatable bonds is 1. The summed E-state index contributed by atoms with van der Waals surface area (Å²) in [5.74, 6) is 0.639. The molecule has 0 radical (unpaired) electrons. The number of halogens is 1. The number of hydrogen-bond donors (Lipinski definition) is 2. The van der Waals surface area contributed by atoms with Crippen molar-refractivity contribution in [2.45, 2.75) is 56.1 Å². The first-order valence-electron chi connectivity index (χ1n) is 14.4. The smallest absolute Gasteiger partial charge is 0.286 e. The quantitative estimate of drug-likeness (QED) is 0.461. The zero-order valence-electron chi connectivity index (χ0n) is 23.3. The third-order valence-corrected chi connectivity index (χ3v) is 10.9. The Kier molecular flexibility index (Phi) is 7.93. The topological polar surface area (TPSA) is 114 Å². The number of ether oxygens (including phenoxy) is 2. The van der Waals surface area contributed by atoms with E-state index in [0.717, 1.165) is 61.7 Å². The van der Waals surface area contributed by atoms with E-state index in [1.165, 1.54) is 11.1 Å². The van der Waals surface area contributed by atoms with Crippen LogP contribution in [-0.2, 0) is 26.5 Å². The number of benzene rings is 2. The number of nitrogens with zero attached hydrogens (tertiary/aromatic N) is 2. The second-order valence-electron chi connectivity index (χ2n) is 12.0. The molecule has 4 aliphatic rings. The summed E-state index contributed by atoms with van der Waals surface area (Å²) in [6.07, 6.45) is 7.83. The second-order valence-corrected chi connectivity index (χ2v) is 14.4. The molecule has 1 unspecified atom stereocenters. The van der Waals surface area contributed by atoms with E-state index in [2.05, 4.69) is 21.4 Å². The lowest BCUT2D eigenvalue weighted by molar-refractivity contribution is 0.0126. The average Bonchev–Trinajstić information content (AvgIpc) is 3.08. The van der Waals surface area contributed by atoms with Crippen molar-refractivity contribution in [3.05, 3.63) is 70.3 Å². The van der Waals surface area contributed by atoms with Crippen molar-refractivity contribution in [2.75, 3.05) is 37.5 Å². The summed E-state index contributed by atoms with van der Waals surface area (Å²) in [4.78, 5) is 15.6. The number of methoxy groups -OCH3 is 1. The van der Waals surface area contributed by atoms with Gasteiger partial charge in [-0.25, -0.2) is 9.35 Å². The van der Waals surface area contributed by atoms with Crippen molar-refractivity contribution >= 4 is 33.1 Å². The molecule has 1 fully saturated rings. The van der Waals surface area contributed by atoms with Gasteiger partial charge in [-0.05, 0) is 91.8 Å². The average molecular weight is 600 g/mol. The monoisotopic (exact) mass is 599 g/mol. The van der Waals surface area contributed by atoms with Gasteiger partial charge in [0.05, 0.1) is 24.5 Å². The van der Waals surface area contributed by atoms with E-state index in [1.54, 1.807) is 19.3 Å². The summed E-state index contributed by atoms with van der Waals surface area (Å²) in [6.45, 7) is 2.02. The maximum absolute atomic E-state index is 13.2. The predicted octanol–water partition coefficient (Wildman–Crippen LogP) is 4.66. The maximum Gasteiger partial charge on any atom is 0.286 e. The van der Waals surface area contributed by atoms with E-state index in [4.69, 9.17) is 26.2 Å². The van der Waals surface area contributed by atoms with Crippen LogP contribution in [0.25, 0.3) is 0 Å². The molecule has 2 heterocycles. The summed E-state index contributed by atoms with van der Waals surface area (Å²) in [6, 6.07) is 11.5. The molecule has 41 heavy (non-hydrogen) atoms. The number of aliphatic hydroxyl groups is 1. The molecular weight excluding hydrogens is 562 g/mol. The van der Waals surface area contributed by atoms with Gasteiger partial charge < -0.3 is 19.5 Å². The fourth-order valence-corrected chi connectivity index (χ4v) is 8.29. The Hall–Kier alpha value is -2.43. The molecule has 8 nitrogen and oxygen atoms in total. The maximum atomic E-state index is 13.2. The molecule has 2 aliphatic heterocycles. The largest absolute Gasteiger partial charge is 0.490 e. The molecule has 1 amide bonds. The van der Waals surface area contributed by atoms with Crippen molar-refractivity contribution < 1.29 is 23.6 Å². The van der Waals surface area contributed by atoms with Gasteiger partial charge in [0.15, 0.2) is 0 Å². The first-order chi connectivity index (χ1) is 19.7. The van der Waals surface area contributed by atoms with Crippen LogP contribution in [0.4, 0.5) is 5.69 Å². The fourth-order valence-electron chi connectivity index (χ4n) is 7.04. The summed E-state index contributed by atoms with van der Waals surface area (Å²) in [5.41, 5.74) is 3.46. The number of anilines is 1. The standard InChI is InChI=1S/C31H38ClN3O5S/c1-39-28-11-7-24(36)12-14-41(33,38)34-30(37)21-5-10-29-27(16-21)35(17-22-4-8-25(22)28)18-31(19-40-29)13-2-3-20-15-23(32)6-9-26(20)31/h5-7,9-11,15-16,22,24-25,28,36H,2-4,8,12-14,17-19H2,1H3,(H2,33,34,37,38)/b11-7+/t22-,24+,25+,28-,31-,41?/m0/s1. The van der Waals surface area contributed by atoms with Gasteiger partial charge in [0.1, 0.15) is 15.7 Å². The van der Waals surface area contributed by atoms with E-state index in [-0.39, 0.29) is 29.6 Å². The van der Waals surface area contributed by atoms with Crippen molar-refractivity contribution in [3.63, 3.8) is 0 Å². The van der Waals surface area contributed by atoms with Crippen LogP contribution in [0.15, 0.2) is 52.9 Å². The Morgan fingerprint density at radius 1 is 1.20 bits per heavy atom. The Morgan fingerprint density at radius 2 is 2.05 bits per heavy atom. The number of nitrogens with two attached hydrogens (primary N) is 1. The third-order valence-electron chi connectivity index (χ3n) is 9.38. The van der Waals surface area contributed by atoms with E-state index in [1.807, 2.05) is 24.3 Å². The highest BCUT2D eigenvalue weighted by Gasteiger charge is 2.44. The molecule has 0 saturated heterocycles.